The number of hydrogen-bond donors (Lipinski definition) is 2. The molecule has 0 spiro atoms. The molecule has 0 saturated carbocycles. The minimum Gasteiger partial charge on any atom is -0.481 e. The number of urea groups is 1. The Labute approximate surface area is 148 Å². The first-order valence-corrected chi connectivity index (χ1v) is 8.08. The van der Waals surface area contributed by atoms with Crippen LogP contribution in [0.2, 0.25) is 0 Å². The standard InChI is InChI=1S/C21H22N2O2/c1-3-8-18-9-4-5-10-20(18)25-16-7-6-15-22-21(24)23-19-13-11-17(2)12-14-19/h3-5,9-14H,1,8,15-16H2,2H3,(H2,22,23,24). The Morgan fingerprint density at radius 1 is 1.16 bits per heavy atom. The maximum atomic E-state index is 11.7. The van der Waals surface area contributed by atoms with E-state index < -0.39 is 0 Å². The molecule has 2 N–H and O–H groups in total. The normalized spacial score (nSPS) is 9.48. The van der Waals surface area contributed by atoms with Gasteiger partial charge in [0.05, 0.1) is 6.54 Å². The number of allylic oxidation sites excluding steroid dienone is 1. The molecule has 0 aromatic heterocycles. The van der Waals surface area contributed by atoms with Crippen molar-refractivity contribution in [2.24, 2.45) is 0 Å². The van der Waals surface area contributed by atoms with Crippen molar-refractivity contribution in [3.05, 3.63) is 72.3 Å². The lowest BCUT2D eigenvalue weighted by Crippen LogP contribution is -2.28. The molecule has 25 heavy (non-hydrogen) atoms. The molecule has 0 bridgehead atoms. The summed E-state index contributed by atoms with van der Waals surface area (Å²) in [7, 11) is 0. The number of nitrogens with one attached hydrogen (secondary N) is 2. The van der Waals surface area contributed by atoms with Gasteiger partial charge >= 0.3 is 6.03 Å². The van der Waals surface area contributed by atoms with Gasteiger partial charge in [-0.15, -0.1) is 6.58 Å². The van der Waals surface area contributed by atoms with Crippen LogP contribution in [0.5, 0.6) is 5.75 Å². The highest BCUT2D eigenvalue weighted by Crippen LogP contribution is 2.18. The van der Waals surface area contributed by atoms with E-state index in [1.165, 1.54) is 0 Å². The fourth-order valence-electron chi connectivity index (χ4n) is 2.13. The van der Waals surface area contributed by atoms with E-state index in [1.807, 2.05) is 61.5 Å². The van der Waals surface area contributed by atoms with E-state index in [0.717, 1.165) is 29.0 Å². The Morgan fingerprint density at radius 3 is 2.68 bits per heavy atom. The Bertz CT molecular complexity index is 770. The van der Waals surface area contributed by atoms with Crippen molar-refractivity contribution in [1.82, 2.24) is 5.32 Å². The molecule has 0 fully saturated rings. The van der Waals surface area contributed by atoms with Gasteiger partial charge in [0.1, 0.15) is 12.4 Å². The fraction of sp³-hybridized carbons (Fsp3) is 0.190. The molecular formula is C21H22N2O2. The van der Waals surface area contributed by atoms with E-state index in [0.29, 0.717) is 0 Å². The van der Waals surface area contributed by atoms with Crippen LogP contribution in [0.15, 0.2) is 61.2 Å². The first-order valence-electron chi connectivity index (χ1n) is 8.08. The van der Waals surface area contributed by atoms with Gasteiger partial charge in [-0.05, 0) is 37.1 Å². The van der Waals surface area contributed by atoms with Gasteiger partial charge in [-0.1, -0.05) is 53.8 Å². The summed E-state index contributed by atoms with van der Waals surface area (Å²) in [6.45, 7) is 6.27. The molecule has 4 nitrogen and oxygen atoms in total. The predicted molar refractivity (Wildman–Crippen MR) is 102 cm³/mol. The van der Waals surface area contributed by atoms with Crippen LogP contribution in [0.4, 0.5) is 10.5 Å². The number of anilines is 1. The summed E-state index contributed by atoms with van der Waals surface area (Å²) in [6, 6.07) is 15.1. The van der Waals surface area contributed by atoms with Crippen LogP contribution in [-0.4, -0.2) is 19.2 Å². The molecule has 0 radical (unpaired) electrons. The predicted octanol–water partition coefficient (Wildman–Crippen LogP) is 3.93. The second kappa shape index (κ2) is 9.84. The molecule has 0 aliphatic carbocycles. The number of ether oxygens (including phenoxy) is 1. The number of para-hydroxylation sites is 1. The van der Waals surface area contributed by atoms with Gasteiger partial charge in [0.25, 0.3) is 0 Å². The Kier molecular flexibility index (Phi) is 7.14. The van der Waals surface area contributed by atoms with Gasteiger partial charge in [-0.25, -0.2) is 4.79 Å². The largest absolute Gasteiger partial charge is 0.481 e. The molecular weight excluding hydrogens is 312 g/mol. The van der Waals surface area contributed by atoms with Crippen LogP contribution in [0.25, 0.3) is 0 Å². The third-order valence-corrected chi connectivity index (χ3v) is 3.41. The van der Waals surface area contributed by atoms with Gasteiger partial charge in [-0.2, -0.15) is 0 Å². The third-order valence-electron chi connectivity index (χ3n) is 3.41. The maximum Gasteiger partial charge on any atom is 0.319 e. The highest BCUT2D eigenvalue weighted by atomic mass is 16.5. The number of carbonyl (C=O) groups excluding carboxylic acids is 1. The lowest BCUT2D eigenvalue weighted by atomic mass is 10.1. The van der Waals surface area contributed by atoms with E-state index in [2.05, 4.69) is 29.1 Å². The number of aryl methyl sites for hydroxylation is 1. The second-order valence-corrected chi connectivity index (χ2v) is 5.42. The summed E-state index contributed by atoms with van der Waals surface area (Å²) in [5, 5.41) is 5.43. The highest BCUT2D eigenvalue weighted by Gasteiger charge is 2.00. The maximum absolute atomic E-state index is 11.7. The van der Waals surface area contributed by atoms with E-state index in [9.17, 15) is 4.79 Å². The summed E-state index contributed by atoms with van der Waals surface area (Å²) in [4.78, 5) is 11.7. The number of benzene rings is 2. The zero-order valence-electron chi connectivity index (χ0n) is 14.3. The van der Waals surface area contributed by atoms with Crippen molar-refractivity contribution in [1.29, 1.82) is 0 Å². The summed E-state index contributed by atoms with van der Waals surface area (Å²) in [6.07, 6.45) is 2.59. The number of carbonyl (C=O) groups is 1. The topological polar surface area (TPSA) is 50.4 Å². The zero-order valence-corrected chi connectivity index (χ0v) is 14.3. The zero-order chi connectivity index (χ0) is 17.9. The Balaban J connectivity index is 1.71. The van der Waals surface area contributed by atoms with Crippen LogP contribution in [0, 0.1) is 18.8 Å². The van der Waals surface area contributed by atoms with Crippen LogP contribution in [0.1, 0.15) is 11.1 Å². The molecule has 0 heterocycles. The number of amides is 2. The van der Waals surface area contributed by atoms with Crippen LogP contribution in [0.3, 0.4) is 0 Å². The smallest absolute Gasteiger partial charge is 0.319 e. The summed E-state index contributed by atoms with van der Waals surface area (Å²) >= 11 is 0. The average Bonchev–Trinajstić information content (AvgIpc) is 2.61. The van der Waals surface area contributed by atoms with E-state index in [1.54, 1.807) is 0 Å². The van der Waals surface area contributed by atoms with Crippen LogP contribution < -0.4 is 15.4 Å². The second-order valence-electron chi connectivity index (χ2n) is 5.42. The lowest BCUT2D eigenvalue weighted by molar-refractivity contribution is 0.253. The van der Waals surface area contributed by atoms with Crippen molar-refractivity contribution in [3.63, 3.8) is 0 Å². The van der Waals surface area contributed by atoms with Gasteiger partial charge in [-0.3, -0.25) is 0 Å². The molecule has 0 aliphatic heterocycles. The lowest BCUT2D eigenvalue weighted by Gasteiger charge is -2.07. The Hall–Kier alpha value is -3.19. The van der Waals surface area contributed by atoms with Crippen molar-refractivity contribution in [3.8, 4) is 17.6 Å². The molecule has 0 aliphatic rings. The minimum atomic E-state index is -0.282. The van der Waals surface area contributed by atoms with Gasteiger partial charge in [0.15, 0.2) is 0 Å². The van der Waals surface area contributed by atoms with Crippen molar-refractivity contribution >= 4 is 11.7 Å². The summed E-state index contributed by atoms with van der Waals surface area (Å²) in [5.41, 5.74) is 2.97. The molecule has 2 aromatic rings. The van der Waals surface area contributed by atoms with Gasteiger partial charge < -0.3 is 15.4 Å². The molecule has 0 atom stereocenters. The molecule has 2 aromatic carbocycles. The van der Waals surface area contributed by atoms with Crippen LogP contribution in [-0.2, 0) is 6.42 Å². The van der Waals surface area contributed by atoms with Gasteiger partial charge in [0, 0.05) is 5.69 Å². The first-order chi connectivity index (χ1) is 12.2. The highest BCUT2D eigenvalue weighted by molar-refractivity contribution is 5.89. The summed E-state index contributed by atoms with van der Waals surface area (Å²) < 4.78 is 5.65. The van der Waals surface area contributed by atoms with Crippen molar-refractivity contribution in [2.45, 2.75) is 13.3 Å². The van der Waals surface area contributed by atoms with E-state index >= 15 is 0 Å². The van der Waals surface area contributed by atoms with Gasteiger partial charge in [0.2, 0.25) is 0 Å². The molecule has 2 rings (SSSR count). The fourth-order valence-corrected chi connectivity index (χ4v) is 2.13. The number of hydrogen-bond acceptors (Lipinski definition) is 2. The molecule has 0 saturated heterocycles. The van der Waals surface area contributed by atoms with Crippen molar-refractivity contribution < 1.29 is 9.53 Å². The minimum absolute atomic E-state index is 0.259. The first kappa shape index (κ1) is 18.2. The average molecular weight is 334 g/mol. The molecule has 0 unspecified atom stereocenters. The molecule has 2 amide bonds. The van der Waals surface area contributed by atoms with E-state index in [4.69, 9.17) is 4.74 Å². The molecule has 128 valence electrons. The summed E-state index contributed by atoms with van der Waals surface area (Å²) in [5.74, 6) is 6.56. The Morgan fingerprint density at radius 2 is 1.92 bits per heavy atom. The number of rotatable bonds is 6. The van der Waals surface area contributed by atoms with Crippen LogP contribution >= 0.6 is 0 Å². The molecule has 4 heteroatoms. The monoisotopic (exact) mass is 334 g/mol. The third kappa shape index (κ3) is 6.44. The SMILES string of the molecule is C=CCc1ccccc1OCC#CCNC(=O)Nc1ccc(C)cc1. The van der Waals surface area contributed by atoms with Crippen molar-refractivity contribution in [2.75, 3.05) is 18.5 Å². The quantitative estimate of drug-likeness (QED) is 0.621. The van der Waals surface area contributed by atoms with E-state index in [-0.39, 0.29) is 19.2 Å².